The second-order valence-electron chi connectivity index (χ2n) is 2.61. The van der Waals surface area contributed by atoms with Crippen LogP contribution in [0.1, 0.15) is 27.7 Å². The molecule has 0 aromatic rings. The summed E-state index contributed by atoms with van der Waals surface area (Å²) in [4.78, 5) is 5.00. The molecule has 1 aliphatic rings. The van der Waals surface area contributed by atoms with Gasteiger partial charge in [0.25, 0.3) is 0 Å². The Hall–Kier alpha value is -0.0800. The quantitative estimate of drug-likeness (QED) is 0.561. The van der Waals surface area contributed by atoms with Crippen LogP contribution in [0.15, 0.2) is 0 Å². The zero-order valence-electron chi connectivity index (χ0n) is 7.48. The van der Waals surface area contributed by atoms with Gasteiger partial charge in [-0.05, 0) is 11.8 Å². The molecule has 0 aromatic heterocycles. The molecule has 1 heterocycles. The first-order valence-corrected chi connectivity index (χ1v) is 4.15. The summed E-state index contributed by atoms with van der Waals surface area (Å²) in [6.07, 6.45) is 0. The minimum Gasteiger partial charge on any atom is -0.302 e. The molecule has 0 bridgehead atoms. The minimum absolute atomic E-state index is 0.719. The fourth-order valence-corrected chi connectivity index (χ4v) is 0.746. The monoisotopic (exact) mass is 145 g/mol. The zero-order valence-corrected chi connectivity index (χ0v) is 7.48. The highest BCUT2D eigenvalue weighted by molar-refractivity contribution is 4.64. The van der Waals surface area contributed by atoms with E-state index in [0.29, 0.717) is 0 Å². The van der Waals surface area contributed by atoms with Crippen molar-refractivity contribution in [1.82, 2.24) is 5.48 Å². The zero-order chi connectivity index (χ0) is 7.98. The predicted molar refractivity (Wildman–Crippen MR) is 43.6 cm³/mol. The standard InChI is InChI=1S/C6H13NO.C2H6/c1-5-3-7-8-4-6(5)2;1-2/h5-7H,3-4H2,1-2H3;1-2H3. The highest BCUT2D eigenvalue weighted by atomic mass is 16.6. The van der Waals surface area contributed by atoms with Gasteiger partial charge in [-0.15, -0.1) is 0 Å². The van der Waals surface area contributed by atoms with Crippen molar-refractivity contribution in [2.45, 2.75) is 27.7 Å². The van der Waals surface area contributed by atoms with Gasteiger partial charge >= 0.3 is 0 Å². The Morgan fingerprint density at radius 1 is 1.20 bits per heavy atom. The average Bonchev–Trinajstić information content (AvgIpc) is 2.00. The Labute approximate surface area is 63.9 Å². The second-order valence-corrected chi connectivity index (χ2v) is 2.61. The SMILES string of the molecule is CC.CC1CNOCC1C. The Morgan fingerprint density at radius 2 is 1.80 bits per heavy atom. The molecule has 0 aromatic carbocycles. The van der Waals surface area contributed by atoms with Crippen molar-refractivity contribution in [3.05, 3.63) is 0 Å². The van der Waals surface area contributed by atoms with Crippen LogP contribution in [0.3, 0.4) is 0 Å². The molecule has 0 amide bonds. The predicted octanol–water partition coefficient (Wildman–Crippen LogP) is 1.82. The van der Waals surface area contributed by atoms with Gasteiger partial charge < -0.3 is 4.84 Å². The van der Waals surface area contributed by atoms with Crippen molar-refractivity contribution in [3.8, 4) is 0 Å². The summed E-state index contributed by atoms with van der Waals surface area (Å²) in [5, 5.41) is 0. The molecule has 2 nitrogen and oxygen atoms in total. The number of rotatable bonds is 0. The van der Waals surface area contributed by atoms with Crippen LogP contribution in [0.4, 0.5) is 0 Å². The molecule has 1 rings (SSSR count). The van der Waals surface area contributed by atoms with Crippen LogP contribution in [-0.4, -0.2) is 13.2 Å². The molecule has 62 valence electrons. The van der Waals surface area contributed by atoms with Gasteiger partial charge in [-0.3, -0.25) is 0 Å². The number of nitrogens with one attached hydrogen (secondary N) is 1. The summed E-state index contributed by atoms with van der Waals surface area (Å²) in [7, 11) is 0. The van der Waals surface area contributed by atoms with Gasteiger partial charge in [0.1, 0.15) is 0 Å². The van der Waals surface area contributed by atoms with Crippen molar-refractivity contribution >= 4 is 0 Å². The highest BCUT2D eigenvalue weighted by Crippen LogP contribution is 2.12. The molecule has 0 spiro atoms. The van der Waals surface area contributed by atoms with Crippen molar-refractivity contribution in [1.29, 1.82) is 0 Å². The molecule has 1 aliphatic heterocycles. The van der Waals surface area contributed by atoms with Crippen LogP contribution in [-0.2, 0) is 4.84 Å². The fourth-order valence-electron chi connectivity index (χ4n) is 0.746. The molecule has 2 unspecified atom stereocenters. The van der Waals surface area contributed by atoms with Crippen LogP contribution in [0.25, 0.3) is 0 Å². The van der Waals surface area contributed by atoms with E-state index in [9.17, 15) is 0 Å². The first kappa shape index (κ1) is 9.92. The third kappa shape index (κ3) is 3.18. The molecule has 1 N–H and O–H groups in total. The minimum atomic E-state index is 0.719. The van der Waals surface area contributed by atoms with Gasteiger partial charge in [0.2, 0.25) is 0 Å². The molecule has 2 atom stereocenters. The van der Waals surface area contributed by atoms with E-state index in [1.54, 1.807) is 0 Å². The van der Waals surface area contributed by atoms with E-state index >= 15 is 0 Å². The van der Waals surface area contributed by atoms with Crippen LogP contribution in [0.5, 0.6) is 0 Å². The van der Waals surface area contributed by atoms with Crippen molar-refractivity contribution in [2.75, 3.05) is 13.2 Å². The molecule has 10 heavy (non-hydrogen) atoms. The van der Waals surface area contributed by atoms with E-state index in [1.807, 2.05) is 13.8 Å². The van der Waals surface area contributed by atoms with Crippen molar-refractivity contribution in [2.24, 2.45) is 11.8 Å². The Kier molecular flexibility index (Phi) is 5.64. The fraction of sp³-hybridized carbons (Fsp3) is 1.00. The lowest BCUT2D eigenvalue weighted by molar-refractivity contribution is -0.0375. The molecule has 0 saturated carbocycles. The summed E-state index contributed by atoms with van der Waals surface area (Å²) < 4.78 is 0. The van der Waals surface area contributed by atoms with Gasteiger partial charge in [0.05, 0.1) is 6.61 Å². The van der Waals surface area contributed by atoms with Gasteiger partial charge in [-0.2, -0.15) is 0 Å². The number of hydrogen-bond donors (Lipinski definition) is 1. The second kappa shape index (κ2) is 5.69. The van der Waals surface area contributed by atoms with Gasteiger partial charge in [0, 0.05) is 6.54 Å². The maximum atomic E-state index is 5.00. The molecule has 1 fully saturated rings. The largest absolute Gasteiger partial charge is 0.302 e. The Balaban J connectivity index is 0.000000371. The first-order chi connectivity index (χ1) is 4.80. The Morgan fingerprint density at radius 3 is 2.10 bits per heavy atom. The molecule has 2 heteroatoms. The maximum Gasteiger partial charge on any atom is 0.0710 e. The van der Waals surface area contributed by atoms with E-state index in [0.717, 1.165) is 25.0 Å². The average molecular weight is 145 g/mol. The van der Waals surface area contributed by atoms with Crippen LogP contribution >= 0.6 is 0 Å². The summed E-state index contributed by atoms with van der Waals surface area (Å²) >= 11 is 0. The summed E-state index contributed by atoms with van der Waals surface area (Å²) in [5.41, 5.74) is 2.86. The van der Waals surface area contributed by atoms with Crippen LogP contribution in [0, 0.1) is 11.8 Å². The van der Waals surface area contributed by atoms with Crippen molar-refractivity contribution in [3.63, 3.8) is 0 Å². The lowest BCUT2D eigenvalue weighted by Crippen LogP contribution is -2.35. The van der Waals surface area contributed by atoms with Gasteiger partial charge in [-0.25, -0.2) is 5.48 Å². The Bertz CT molecular complexity index is 65.7. The first-order valence-electron chi connectivity index (χ1n) is 4.15. The normalized spacial score (nSPS) is 32.4. The molecular weight excluding hydrogens is 126 g/mol. The van der Waals surface area contributed by atoms with E-state index in [4.69, 9.17) is 4.84 Å². The number of hydrogen-bond acceptors (Lipinski definition) is 2. The van der Waals surface area contributed by atoms with Crippen LogP contribution < -0.4 is 5.48 Å². The number of hydroxylamine groups is 1. The van der Waals surface area contributed by atoms with E-state index in [2.05, 4.69) is 19.3 Å². The summed E-state index contributed by atoms with van der Waals surface area (Å²) in [5.74, 6) is 1.49. The van der Waals surface area contributed by atoms with Crippen LogP contribution in [0.2, 0.25) is 0 Å². The van der Waals surface area contributed by atoms with E-state index in [1.165, 1.54) is 0 Å². The van der Waals surface area contributed by atoms with E-state index < -0.39 is 0 Å². The summed E-state index contributed by atoms with van der Waals surface area (Å²) in [6.45, 7) is 10.3. The third-order valence-corrected chi connectivity index (χ3v) is 1.83. The van der Waals surface area contributed by atoms with E-state index in [-0.39, 0.29) is 0 Å². The lowest BCUT2D eigenvalue weighted by Gasteiger charge is -2.25. The molecule has 0 aliphatic carbocycles. The van der Waals surface area contributed by atoms with Gasteiger partial charge in [-0.1, -0.05) is 27.7 Å². The molecule has 0 radical (unpaired) electrons. The van der Waals surface area contributed by atoms with Gasteiger partial charge in [0.15, 0.2) is 0 Å². The summed E-state index contributed by atoms with van der Waals surface area (Å²) in [6, 6.07) is 0. The smallest absolute Gasteiger partial charge is 0.0710 e. The topological polar surface area (TPSA) is 21.3 Å². The highest BCUT2D eigenvalue weighted by Gasteiger charge is 2.16. The maximum absolute atomic E-state index is 5.00. The third-order valence-electron chi connectivity index (χ3n) is 1.83. The lowest BCUT2D eigenvalue weighted by atomic mass is 9.96. The molecular formula is C8H19NO. The molecule has 1 saturated heterocycles. The van der Waals surface area contributed by atoms with Crippen molar-refractivity contribution < 1.29 is 4.84 Å².